The Kier molecular flexibility index (Phi) is 6.32. The number of benzene rings is 1. The van der Waals surface area contributed by atoms with Crippen LogP contribution < -0.4 is 5.32 Å². The molecule has 2 heterocycles. The molecule has 3 aromatic rings. The Morgan fingerprint density at radius 3 is 2.68 bits per heavy atom. The Labute approximate surface area is 165 Å². The van der Waals surface area contributed by atoms with Crippen LogP contribution in [-0.4, -0.2) is 39.4 Å². The average Bonchev–Trinajstić information content (AvgIpc) is 2.74. The number of hydrogen-bond acceptors (Lipinski definition) is 5. The van der Waals surface area contributed by atoms with Gasteiger partial charge in [0, 0.05) is 37.7 Å². The second-order valence-electron chi connectivity index (χ2n) is 6.71. The van der Waals surface area contributed by atoms with E-state index in [4.69, 9.17) is 0 Å². The van der Waals surface area contributed by atoms with E-state index in [1.807, 2.05) is 18.2 Å². The molecule has 1 aromatic carbocycles. The summed E-state index contributed by atoms with van der Waals surface area (Å²) in [5.74, 6) is 0.491. The zero-order chi connectivity index (χ0) is 19.9. The lowest BCUT2D eigenvalue weighted by molar-refractivity contribution is 0.0790. The van der Waals surface area contributed by atoms with Crippen molar-refractivity contribution in [3.05, 3.63) is 77.5 Å². The Morgan fingerprint density at radius 2 is 1.93 bits per heavy atom. The van der Waals surface area contributed by atoms with Gasteiger partial charge in [0.2, 0.25) is 0 Å². The van der Waals surface area contributed by atoms with Crippen molar-refractivity contribution in [3.8, 4) is 0 Å². The van der Waals surface area contributed by atoms with Crippen LogP contribution in [0.1, 0.15) is 34.1 Å². The molecule has 0 aliphatic carbocycles. The van der Waals surface area contributed by atoms with Crippen molar-refractivity contribution < 1.29 is 4.79 Å². The van der Waals surface area contributed by atoms with Gasteiger partial charge < -0.3 is 10.2 Å². The number of rotatable bonds is 7. The highest BCUT2D eigenvalue weighted by atomic mass is 16.2. The number of carbonyl (C=O) groups is 1. The van der Waals surface area contributed by atoms with Crippen LogP contribution in [0.15, 0.2) is 55.1 Å². The molecule has 0 spiro atoms. The minimum absolute atomic E-state index is 0.125. The van der Waals surface area contributed by atoms with Crippen LogP contribution in [0, 0.1) is 6.92 Å². The molecule has 0 atom stereocenters. The fourth-order valence-corrected chi connectivity index (χ4v) is 3.02. The normalized spacial score (nSPS) is 10.5. The van der Waals surface area contributed by atoms with Gasteiger partial charge in [0.05, 0.1) is 0 Å². The molecule has 28 heavy (non-hydrogen) atoms. The van der Waals surface area contributed by atoms with Crippen LogP contribution >= 0.6 is 0 Å². The Bertz CT molecular complexity index is 943. The van der Waals surface area contributed by atoms with Crippen molar-refractivity contribution in [3.63, 3.8) is 0 Å². The zero-order valence-electron chi connectivity index (χ0n) is 16.5. The first-order valence-electron chi connectivity index (χ1n) is 9.40. The molecular weight excluding hydrogens is 350 g/mol. The third-order valence-corrected chi connectivity index (χ3v) is 4.71. The highest BCUT2D eigenvalue weighted by Gasteiger charge is 2.15. The first-order valence-corrected chi connectivity index (χ1v) is 9.40. The third-order valence-electron chi connectivity index (χ3n) is 4.71. The highest BCUT2D eigenvalue weighted by Crippen LogP contribution is 2.24. The molecule has 0 aliphatic heterocycles. The molecule has 6 nitrogen and oxygen atoms in total. The molecule has 144 valence electrons. The summed E-state index contributed by atoms with van der Waals surface area (Å²) in [5, 5.41) is 3.35. The number of para-hydroxylation sites is 1. The topological polar surface area (TPSA) is 71.0 Å². The van der Waals surface area contributed by atoms with Gasteiger partial charge in [-0.15, -0.1) is 0 Å². The molecule has 0 saturated carbocycles. The summed E-state index contributed by atoms with van der Waals surface area (Å²) in [5.41, 5.74) is 4.90. The molecule has 0 bridgehead atoms. The third kappa shape index (κ3) is 4.71. The van der Waals surface area contributed by atoms with E-state index in [0.717, 1.165) is 29.7 Å². The molecule has 3 rings (SSSR count). The van der Waals surface area contributed by atoms with Crippen molar-refractivity contribution in [2.24, 2.45) is 0 Å². The molecule has 2 aromatic heterocycles. The van der Waals surface area contributed by atoms with Crippen LogP contribution in [0.25, 0.3) is 0 Å². The summed E-state index contributed by atoms with van der Waals surface area (Å²) in [7, 11) is 1.79. The zero-order valence-corrected chi connectivity index (χ0v) is 16.5. The van der Waals surface area contributed by atoms with Gasteiger partial charge in [-0.1, -0.05) is 25.1 Å². The van der Waals surface area contributed by atoms with Crippen LogP contribution in [0.4, 0.5) is 11.5 Å². The van der Waals surface area contributed by atoms with Crippen molar-refractivity contribution in [2.45, 2.75) is 26.7 Å². The standard InChI is InChI=1S/C22H25N5O/c1-4-18-7-5-6-16(2)21(18)26-20-14-19(24-15-25-20)22(28)27(3)13-10-17-8-11-23-12-9-17/h5-9,11-12,14-15H,4,10,13H2,1-3H3,(H,24,25,26). The van der Waals surface area contributed by atoms with Gasteiger partial charge in [-0.2, -0.15) is 0 Å². The largest absolute Gasteiger partial charge is 0.340 e. The quantitative estimate of drug-likeness (QED) is 0.680. The van der Waals surface area contributed by atoms with Gasteiger partial charge in [-0.3, -0.25) is 9.78 Å². The molecule has 0 fully saturated rings. The molecule has 0 unspecified atom stereocenters. The van der Waals surface area contributed by atoms with E-state index in [2.05, 4.69) is 46.2 Å². The number of hydrogen-bond donors (Lipinski definition) is 1. The lowest BCUT2D eigenvalue weighted by atomic mass is 10.1. The number of aromatic nitrogens is 3. The Morgan fingerprint density at radius 1 is 1.14 bits per heavy atom. The predicted octanol–water partition coefficient (Wildman–Crippen LogP) is 3.80. The smallest absolute Gasteiger partial charge is 0.272 e. The summed E-state index contributed by atoms with van der Waals surface area (Å²) in [6.45, 7) is 4.78. The van der Waals surface area contributed by atoms with E-state index in [0.29, 0.717) is 18.1 Å². The number of aryl methyl sites for hydroxylation is 2. The minimum atomic E-state index is -0.125. The number of carbonyl (C=O) groups excluding carboxylic acids is 1. The van der Waals surface area contributed by atoms with Gasteiger partial charge in [0.15, 0.2) is 0 Å². The molecule has 1 amide bonds. The van der Waals surface area contributed by atoms with Gasteiger partial charge in [-0.25, -0.2) is 9.97 Å². The first kappa shape index (κ1) is 19.5. The lowest BCUT2D eigenvalue weighted by Crippen LogP contribution is -2.29. The lowest BCUT2D eigenvalue weighted by Gasteiger charge is -2.17. The fraction of sp³-hybridized carbons (Fsp3) is 0.273. The molecule has 0 aliphatic rings. The van der Waals surface area contributed by atoms with E-state index in [1.54, 1.807) is 30.4 Å². The van der Waals surface area contributed by atoms with E-state index in [1.165, 1.54) is 11.9 Å². The summed E-state index contributed by atoms with van der Waals surface area (Å²) in [4.78, 5) is 26.9. The summed E-state index contributed by atoms with van der Waals surface area (Å²) < 4.78 is 0. The monoisotopic (exact) mass is 375 g/mol. The Balaban J connectivity index is 1.71. The van der Waals surface area contributed by atoms with Gasteiger partial charge in [0.1, 0.15) is 17.8 Å². The molecule has 6 heteroatoms. The number of anilines is 2. The van der Waals surface area contributed by atoms with E-state index >= 15 is 0 Å². The number of amides is 1. The van der Waals surface area contributed by atoms with Crippen molar-refractivity contribution >= 4 is 17.4 Å². The maximum Gasteiger partial charge on any atom is 0.272 e. The second kappa shape index (κ2) is 9.08. The Hall–Kier alpha value is -3.28. The summed E-state index contributed by atoms with van der Waals surface area (Å²) in [6, 6.07) is 11.8. The number of nitrogens with zero attached hydrogens (tertiary/aromatic N) is 4. The SMILES string of the molecule is CCc1cccc(C)c1Nc1cc(C(=O)N(C)CCc2ccncc2)ncn1. The number of likely N-dealkylation sites (N-methyl/N-ethyl adjacent to an activating group) is 1. The van der Waals surface area contributed by atoms with Crippen LogP contribution in [0.2, 0.25) is 0 Å². The average molecular weight is 375 g/mol. The molecule has 1 N–H and O–H groups in total. The second-order valence-corrected chi connectivity index (χ2v) is 6.71. The first-order chi connectivity index (χ1) is 13.6. The fourth-order valence-electron chi connectivity index (χ4n) is 3.02. The summed E-state index contributed by atoms with van der Waals surface area (Å²) in [6.07, 6.45) is 6.63. The highest BCUT2D eigenvalue weighted by molar-refractivity contribution is 5.92. The van der Waals surface area contributed by atoms with Crippen LogP contribution in [-0.2, 0) is 12.8 Å². The predicted molar refractivity (Wildman–Crippen MR) is 111 cm³/mol. The van der Waals surface area contributed by atoms with E-state index in [-0.39, 0.29) is 5.91 Å². The minimum Gasteiger partial charge on any atom is -0.340 e. The summed E-state index contributed by atoms with van der Waals surface area (Å²) >= 11 is 0. The van der Waals surface area contributed by atoms with Crippen molar-refractivity contribution in [1.29, 1.82) is 0 Å². The number of nitrogens with one attached hydrogen (secondary N) is 1. The molecule has 0 radical (unpaired) electrons. The maximum absolute atomic E-state index is 12.8. The van der Waals surface area contributed by atoms with Crippen LogP contribution in [0.5, 0.6) is 0 Å². The molecule has 0 saturated heterocycles. The number of pyridine rings is 1. The van der Waals surface area contributed by atoms with E-state index < -0.39 is 0 Å². The van der Waals surface area contributed by atoms with Crippen molar-refractivity contribution in [1.82, 2.24) is 19.9 Å². The van der Waals surface area contributed by atoms with Crippen molar-refractivity contribution in [2.75, 3.05) is 18.9 Å². The van der Waals surface area contributed by atoms with Crippen LogP contribution in [0.3, 0.4) is 0 Å². The maximum atomic E-state index is 12.8. The van der Waals surface area contributed by atoms with Gasteiger partial charge in [0.25, 0.3) is 5.91 Å². The van der Waals surface area contributed by atoms with Gasteiger partial charge in [-0.05, 0) is 48.6 Å². The molecular formula is C22H25N5O. The van der Waals surface area contributed by atoms with Gasteiger partial charge >= 0.3 is 0 Å². The van der Waals surface area contributed by atoms with E-state index in [9.17, 15) is 4.79 Å².